The number of aromatic nitrogens is 2. The van der Waals surface area contributed by atoms with E-state index in [1.54, 1.807) is 45.2 Å². The smallest absolute Gasteiger partial charge is 0.262 e. The number of rotatable bonds is 13. The molecule has 3 aliphatic rings. The minimum Gasteiger partial charge on any atom is -0.492 e. The van der Waals surface area contributed by atoms with E-state index in [9.17, 15) is 27.6 Å². The number of carbonyl (C=O) groups is 4. The molecule has 2 fully saturated rings. The number of hydrogen-bond donors (Lipinski definition) is 4. The first kappa shape index (κ1) is 41.3. The number of nitrogens with zero attached hydrogens (tertiary/aromatic N) is 5. The van der Waals surface area contributed by atoms with Gasteiger partial charge in [-0.05, 0) is 88.7 Å². The van der Waals surface area contributed by atoms with Gasteiger partial charge in [0.25, 0.3) is 11.8 Å². The standard InChI is InChI=1S/C41H46FN9O7S/c1-25-23-43-40(47-36(25)44-28-6-5-7-30(21-28)59(56,57)48-41(2,3)4)45-27-8-10-29(11-9-27)58-19-18-49-14-16-50(17-15-49)24-26-20-31-32(22-33(26)42)39(55)51(38(31)54)34-12-13-35(52)46-37(34)53/h5-11,20-23,34,48H,12-19,24H2,1-4H3,(H,46,52,53)(H2,43,44,45,47). The van der Waals surface area contributed by atoms with E-state index in [0.29, 0.717) is 55.0 Å². The molecule has 4 heterocycles. The van der Waals surface area contributed by atoms with Crippen LogP contribution in [0.1, 0.15) is 65.5 Å². The van der Waals surface area contributed by atoms with E-state index in [2.05, 4.69) is 40.4 Å². The van der Waals surface area contributed by atoms with Crippen molar-refractivity contribution < 1.29 is 36.7 Å². The Kier molecular flexibility index (Phi) is 11.8. The highest BCUT2D eigenvalue weighted by Gasteiger charge is 2.45. The number of benzene rings is 3. The summed E-state index contributed by atoms with van der Waals surface area (Å²) in [5, 5.41) is 8.56. The van der Waals surface area contributed by atoms with Crippen LogP contribution in [0.15, 0.2) is 71.8 Å². The van der Waals surface area contributed by atoms with Gasteiger partial charge < -0.3 is 15.4 Å². The third kappa shape index (κ3) is 9.73. The van der Waals surface area contributed by atoms with Crippen LogP contribution in [0.2, 0.25) is 0 Å². The second-order valence-corrected chi connectivity index (χ2v) is 17.5. The highest BCUT2D eigenvalue weighted by atomic mass is 32.2. The summed E-state index contributed by atoms with van der Waals surface area (Å²) in [6.45, 7) is 11.4. The summed E-state index contributed by atoms with van der Waals surface area (Å²) in [6, 6.07) is 15.3. The molecule has 4 aromatic rings. The lowest BCUT2D eigenvalue weighted by Gasteiger charge is -2.34. The van der Waals surface area contributed by atoms with E-state index < -0.39 is 51.0 Å². The minimum atomic E-state index is -3.72. The number of piperazine rings is 1. The maximum absolute atomic E-state index is 15.2. The SMILES string of the molecule is Cc1cnc(Nc2ccc(OCCN3CCN(Cc4cc5c(cc4F)C(=O)N(C4CCC(=O)NC4=O)C5=O)CC3)cc2)nc1Nc1cccc(S(=O)(=O)NC(C)(C)C)c1. The van der Waals surface area contributed by atoms with E-state index in [1.807, 2.05) is 31.2 Å². The molecule has 0 spiro atoms. The molecule has 1 unspecified atom stereocenters. The number of hydrogen-bond acceptors (Lipinski definition) is 13. The monoisotopic (exact) mass is 827 g/mol. The molecule has 3 aliphatic heterocycles. The van der Waals surface area contributed by atoms with Crippen LogP contribution in [-0.2, 0) is 26.2 Å². The van der Waals surface area contributed by atoms with Crippen LogP contribution in [0.4, 0.5) is 27.5 Å². The summed E-state index contributed by atoms with van der Waals surface area (Å²) in [6.07, 6.45) is 1.71. The molecule has 0 aliphatic carbocycles. The summed E-state index contributed by atoms with van der Waals surface area (Å²) >= 11 is 0. The largest absolute Gasteiger partial charge is 0.492 e. The lowest BCUT2D eigenvalue weighted by molar-refractivity contribution is -0.136. The first-order valence-corrected chi connectivity index (χ1v) is 20.7. The molecule has 4 amide bonds. The lowest BCUT2D eigenvalue weighted by atomic mass is 10.0. The predicted octanol–water partition coefficient (Wildman–Crippen LogP) is 4.09. The number of fused-ring (bicyclic) bond motifs is 1. The van der Waals surface area contributed by atoms with Crippen molar-refractivity contribution in [1.29, 1.82) is 0 Å². The van der Waals surface area contributed by atoms with Gasteiger partial charge in [-0.2, -0.15) is 4.98 Å². The second kappa shape index (κ2) is 16.8. The second-order valence-electron chi connectivity index (χ2n) is 15.8. The zero-order valence-corrected chi connectivity index (χ0v) is 34.0. The molecule has 1 atom stereocenters. The van der Waals surface area contributed by atoms with Crippen LogP contribution in [-0.4, -0.2) is 108 Å². The number of amides is 4. The molecule has 4 N–H and O–H groups in total. The summed E-state index contributed by atoms with van der Waals surface area (Å²) in [4.78, 5) is 64.5. The molecule has 0 saturated carbocycles. The van der Waals surface area contributed by atoms with Crippen LogP contribution in [0.5, 0.6) is 5.75 Å². The Hall–Kier alpha value is -5.82. The Morgan fingerprint density at radius 3 is 2.29 bits per heavy atom. The molecule has 310 valence electrons. The summed E-state index contributed by atoms with van der Waals surface area (Å²) < 4.78 is 49.6. The van der Waals surface area contributed by atoms with Gasteiger partial charge >= 0.3 is 0 Å². The lowest BCUT2D eigenvalue weighted by Crippen LogP contribution is -2.54. The number of anilines is 4. The van der Waals surface area contributed by atoms with Gasteiger partial charge in [0.1, 0.15) is 30.0 Å². The number of halogens is 1. The molecule has 59 heavy (non-hydrogen) atoms. The van der Waals surface area contributed by atoms with Crippen molar-refractivity contribution in [1.82, 2.24) is 34.7 Å². The highest BCUT2D eigenvalue weighted by Crippen LogP contribution is 2.31. The number of piperidine rings is 1. The molecule has 18 heteroatoms. The number of carbonyl (C=O) groups excluding carboxylic acids is 4. The molecule has 7 rings (SSSR count). The van der Waals surface area contributed by atoms with Crippen LogP contribution < -0.4 is 25.4 Å². The Bertz CT molecular complexity index is 2400. The maximum atomic E-state index is 15.2. The zero-order chi connectivity index (χ0) is 42.1. The predicted molar refractivity (Wildman–Crippen MR) is 217 cm³/mol. The quantitative estimate of drug-likeness (QED) is 0.141. The average Bonchev–Trinajstić information content (AvgIpc) is 3.41. The van der Waals surface area contributed by atoms with E-state index in [1.165, 1.54) is 12.1 Å². The number of ether oxygens (including phenoxy) is 1. The zero-order valence-electron chi connectivity index (χ0n) is 33.2. The fraction of sp³-hybridized carbons (Fsp3) is 0.366. The molecule has 0 bridgehead atoms. The summed E-state index contributed by atoms with van der Waals surface area (Å²) in [5.74, 6) is -1.61. The molecule has 16 nitrogen and oxygen atoms in total. The van der Waals surface area contributed by atoms with Crippen molar-refractivity contribution in [2.45, 2.75) is 63.6 Å². The Morgan fingerprint density at radius 1 is 0.898 bits per heavy atom. The number of imide groups is 2. The van der Waals surface area contributed by atoms with Crippen LogP contribution in [0.3, 0.4) is 0 Å². The number of sulfonamides is 1. The summed E-state index contributed by atoms with van der Waals surface area (Å²) in [5.41, 5.74) is 1.72. The minimum absolute atomic E-state index is 0.00738. The first-order chi connectivity index (χ1) is 28.0. The highest BCUT2D eigenvalue weighted by molar-refractivity contribution is 7.89. The van der Waals surface area contributed by atoms with Crippen molar-refractivity contribution in [2.75, 3.05) is 50.0 Å². The third-order valence-corrected chi connectivity index (χ3v) is 11.8. The van der Waals surface area contributed by atoms with E-state index in [-0.39, 0.29) is 35.4 Å². The Morgan fingerprint density at radius 2 is 1.59 bits per heavy atom. The van der Waals surface area contributed by atoms with Crippen molar-refractivity contribution in [3.05, 3.63) is 94.9 Å². The van der Waals surface area contributed by atoms with Gasteiger partial charge in [-0.15, -0.1) is 0 Å². The fourth-order valence-electron chi connectivity index (χ4n) is 7.09. The molecule has 0 radical (unpaired) electrons. The number of nitrogens with one attached hydrogen (secondary N) is 4. The van der Waals surface area contributed by atoms with Gasteiger partial charge in [-0.25, -0.2) is 22.5 Å². The molecule has 2 saturated heterocycles. The maximum Gasteiger partial charge on any atom is 0.262 e. The molecular formula is C41H46FN9O7S. The van der Waals surface area contributed by atoms with Gasteiger partial charge in [0.05, 0.1) is 16.0 Å². The van der Waals surface area contributed by atoms with Gasteiger partial charge in [-0.1, -0.05) is 6.07 Å². The van der Waals surface area contributed by atoms with Crippen molar-refractivity contribution in [3.63, 3.8) is 0 Å². The van der Waals surface area contributed by atoms with Gasteiger partial charge in [0, 0.05) is 79.9 Å². The Labute approximate surface area is 341 Å². The fourth-order valence-corrected chi connectivity index (χ4v) is 8.56. The van der Waals surface area contributed by atoms with Crippen LogP contribution in [0.25, 0.3) is 0 Å². The third-order valence-electron chi connectivity index (χ3n) is 10.1. The van der Waals surface area contributed by atoms with Gasteiger partial charge in [0.2, 0.25) is 27.8 Å². The van der Waals surface area contributed by atoms with Crippen molar-refractivity contribution in [3.8, 4) is 5.75 Å². The topological polar surface area (TPSA) is 195 Å². The average molecular weight is 828 g/mol. The van der Waals surface area contributed by atoms with E-state index >= 15 is 4.39 Å². The Balaban J connectivity index is 0.867. The summed E-state index contributed by atoms with van der Waals surface area (Å²) in [7, 11) is -3.72. The van der Waals surface area contributed by atoms with E-state index in [4.69, 9.17) is 4.74 Å². The van der Waals surface area contributed by atoms with Gasteiger partial charge in [-0.3, -0.25) is 39.2 Å². The van der Waals surface area contributed by atoms with E-state index in [0.717, 1.165) is 35.3 Å². The number of aryl methyl sites for hydroxylation is 1. The molecular weight excluding hydrogens is 782 g/mol. The van der Waals surface area contributed by atoms with Crippen LogP contribution in [0, 0.1) is 12.7 Å². The first-order valence-electron chi connectivity index (χ1n) is 19.3. The molecule has 1 aromatic heterocycles. The normalized spacial score (nSPS) is 17.8. The van der Waals surface area contributed by atoms with Gasteiger partial charge in [0.15, 0.2) is 0 Å². The van der Waals surface area contributed by atoms with Crippen molar-refractivity contribution >= 4 is 56.8 Å². The van der Waals surface area contributed by atoms with Crippen molar-refractivity contribution in [2.24, 2.45) is 0 Å². The van der Waals surface area contributed by atoms with Crippen LogP contribution >= 0.6 is 0 Å². The molecule has 3 aromatic carbocycles.